The van der Waals surface area contributed by atoms with Crippen LogP contribution in [0.2, 0.25) is 0 Å². The average molecular weight is 529 g/mol. The number of hydrogen-bond donors (Lipinski definition) is 1. The molecule has 3 aromatic rings. The van der Waals surface area contributed by atoms with Gasteiger partial charge in [0.15, 0.2) is 0 Å². The zero-order chi connectivity index (χ0) is 26.9. The van der Waals surface area contributed by atoms with Crippen LogP contribution in [0.3, 0.4) is 0 Å². The van der Waals surface area contributed by atoms with Crippen molar-refractivity contribution in [3.63, 3.8) is 0 Å². The van der Waals surface area contributed by atoms with Gasteiger partial charge in [-0.3, -0.25) is 4.79 Å². The number of amides is 2. The van der Waals surface area contributed by atoms with Crippen molar-refractivity contribution in [2.75, 3.05) is 6.54 Å². The van der Waals surface area contributed by atoms with Gasteiger partial charge >= 0.3 is 6.09 Å². The van der Waals surface area contributed by atoms with Crippen LogP contribution in [0.5, 0.6) is 0 Å². The summed E-state index contributed by atoms with van der Waals surface area (Å²) < 4.78 is 6.19. The van der Waals surface area contributed by atoms with Crippen molar-refractivity contribution in [3.05, 3.63) is 76.8 Å². The lowest BCUT2D eigenvalue weighted by atomic mass is 9.75. The highest BCUT2D eigenvalue weighted by molar-refractivity contribution is 7.13. The first-order chi connectivity index (χ1) is 18.2. The summed E-state index contributed by atoms with van der Waals surface area (Å²) in [5, 5.41) is 15.2. The summed E-state index contributed by atoms with van der Waals surface area (Å²) in [5.41, 5.74) is 1.80. The molecular weight excluding hydrogens is 496 g/mol. The molecule has 1 aliphatic heterocycles. The fourth-order valence-corrected chi connectivity index (χ4v) is 5.83. The monoisotopic (exact) mass is 528 g/mol. The molecule has 0 spiro atoms. The smallest absolute Gasteiger partial charge is 0.411 e. The second-order valence-corrected chi connectivity index (χ2v) is 11.8. The minimum absolute atomic E-state index is 0.117. The van der Waals surface area contributed by atoms with Crippen molar-refractivity contribution in [2.24, 2.45) is 5.41 Å². The van der Waals surface area contributed by atoms with E-state index in [2.05, 4.69) is 16.4 Å². The third kappa shape index (κ3) is 5.44. The van der Waals surface area contributed by atoms with E-state index in [1.807, 2.05) is 75.4 Å². The predicted molar refractivity (Wildman–Crippen MR) is 146 cm³/mol. The van der Waals surface area contributed by atoms with Gasteiger partial charge in [0.1, 0.15) is 16.3 Å². The van der Waals surface area contributed by atoms with E-state index in [0.717, 1.165) is 34.5 Å². The molecule has 1 aliphatic carbocycles. The summed E-state index contributed by atoms with van der Waals surface area (Å²) in [6.45, 7) is 6.28. The number of nitrogens with zero attached hydrogens (tertiary/aromatic N) is 3. The number of hydrogen-bond acceptors (Lipinski definition) is 6. The molecule has 5 rings (SSSR count). The molecule has 1 unspecified atom stereocenters. The second kappa shape index (κ2) is 10.2. The van der Waals surface area contributed by atoms with Crippen molar-refractivity contribution < 1.29 is 14.3 Å². The molecule has 7 nitrogen and oxygen atoms in total. The first-order valence-electron chi connectivity index (χ1n) is 13.0. The van der Waals surface area contributed by atoms with E-state index >= 15 is 0 Å². The Labute approximate surface area is 227 Å². The van der Waals surface area contributed by atoms with E-state index in [4.69, 9.17) is 4.74 Å². The largest absolute Gasteiger partial charge is 0.438 e. The Morgan fingerprint density at radius 1 is 1.24 bits per heavy atom. The van der Waals surface area contributed by atoms with Crippen LogP contribution in [0, 0.1) is 16.7 Å². The van der Waals surface area contributed by atoms with Crippen LogP contribution in [-0.4, -0.2) is 34.5 Å². The lowest BCUT2D eigenvalue weighted by Gasteiger charge is -2.45. The minimum atomic E-state index is -0.841. The normalized spacial score (nSPS) is 20.4. The molecule has 38 heavy (non-hydrogen) atoms. The zero-order valence-electron chi connectivity index (χ0n) is 21.9. The van der Waals surface area contributed by atoms with Crippen LogP contribution in [-0.2, 0) is 10.3 Å². The quantitative estimate of drug-likeness (QED) is 0.363. The fourth-order valence-electron chi connectivity index (χ4n) is 5.03. The molecule has 1 saturated carbocycles. The summed E-state index contributed by atoms with van der Waals surface area (Å²) >= 11 is 1.45. The Hall–Kier alpha value is -3.70. The third-order valence-corrected chi connectivity index (χ3v) is 8.25. The molecule has 1 N–H and O–H groups in total. The standard InChI is InChI=1S/C30H32N4O3S/c1-20(21-9-11-22(12-10-21)27-33-25(17-38-27)26(35)32-24-13-14-24)34-16-15-30(37-28(34)36,18-29(2,3)19-31)23-7-5-4-6-8-23/h4-12,17,20,24H,13-16,18H2,1-3H3,(H,32,35)/t20-,30?/m0/s1. The van der Waals surface area contributed by atoms with Gasteiger partial charge in [0.2, 0.25) is 0 Å². The number of benzene rings is 2. The minimum Gasteiger partial charge on any atom is -0.438 e. The number of cyclic esters (lactones) is 1. The Kier molecular flexibility index (Phi) is 6.97. The molecule has 1 aromatic heterocycles. The number of rotatable bonds is 8. The number of carbonyl (C=O) groups is 2. The van der Waals surface area contributed by atoms with Crippen LogP contribution < -0.4 is 5.32 Å². The molecule has 2 fully saturated rings. The van der Waals surface area contributed by atoms with Crippen molar-refractivity contribution in [1.29, 1.82) is 5.26 Å². The van der Waals surface area contributed by atoms with E-state index in [1.54, 1.807) is 10.3 Å². The van der Waals surface area contributed by atoms with Crippen molar-refractivity contribution >= 4 is 23.3 Å². The van der Waals surface area contributed by atoms with Crippen molar-refractivity contribution in [3.8, 4) is 16.6 Å². The number of nitrogens with one attached hydrogen (secondary N) is 1. The highest BCUT2D eigenvalue weighted by Gasteiger charge is 2.46. The number of carbonyl (C=O) groups excluding carboxylic acids is 2. The molecule has 0 radical (unpaired) electrons. The Morgan fingerprint density at radius 3 is 2.58 bits per heavy atom. The van der Waals surface area contributed by atoms with E-state index in [1.165, 1.54) is 11.3 Å². The molecule has 2 atom stereocenters. The van der Waals surface area contributed by atoms with Gasteiger partial charge in [-0.2, -0.15) is 5.26 Å². The number of ether oxygens (including phenoxy) is 1. The van der Waals surface area contributed by atoms with Gasteiger partial charge in [-0.1, -0.05) is 54.6 Å². The molecule has 2 aromatic carbocycles. The highest BCUT2D eigenvalue weighted by atomic mass is 32.1. The second-order valence-electron chi connectivity index (χ2n) is 10.9. The van der Waals surface area contributed by atoms with Crippen molar-refractivity contribution in [2.45, 2.75) is 64.1 Å². The SMILES string of the molecule is C[C@@H](c1ccc(-c2nc(C(=O)NC3CC3)cs2)cc1)N1CCC(CC(C)(C)C#N)(c2ccccc2)OC1=O. The topological polar surface area (TPSA) is 95.3 Å². The van der Waals surface area contributed by atoms with Crippen LogP contribution >= 0.6 is 11.3 Å². The van der Waals surface area contributed by atoms with E-state index < -0.39 is 11.0 Å². The maximum Gasteiger partial charge on any atom is 0.411 e. The number of thiazole rings is 1. The molecular formula is C30H32N4O3S. The molecule has 2 heterocycles. The van der Waals surface area contributed by atoms with E-state index in [0.29, 0.717) is 31.1 Å². The van der Waals surface area contributed by atoms with Gasteiger partial charge in [0, 0.05) is 36.4 Å². The van der Waals surface area contributed by atoms with E-state index in [-0.39, 0.29) is 18.0 Å². The molecule has 2 aliphatic rings. The van der Waals surface area contributed by atoms with Crippen LogP contribution in [0.25, 0.3) is 10.6 Å². The van der Waals surface area contributed by atoms with Crippen LogP contribution in [0.4, 0.5) is 4.79 Å². The predicted octanol–water partition coefficient (Wildman–Crippen LogP) is 6.44. The van der Waals surface area contributed by atoms with Gasteiger partial charge in [-0.15, -0.1) is 11.3 Å². The Morgan fingerprint density at radius 2 is 1.95 bits per heavy atom. The zero-order valence-corrected chi connectivity index (χ0v) is 22.8. The van der Waals surface area contributed by atoms with Crippen LogP contribution in [0.1, 0.15) is 74.1 Å². The summed E-state index contributed by atoms with van der Waals surface area (Å²) in [5.74, 6) is -0.117. The maximum absolute atomic E-state index is 13.4. The molecule has 1 saturated heterocycles. The molecule has 196 valence electrons. The summed E-state index contributed by atoms with van der Waals surface area (Å²) in [6.07, 6.45) is 2.73. The van der Waals surface area contributed by atoms with Gasteiger partial charge in [-0.25, -0.2) is 9.78 Å². The summed E-state index contributed by atoms with van der Waals surface area (Å²) in [7, 11) is 0. The Balaban J connectivity index is 1.29. The van der Waals surface area contributed by atoms with Gasteiger partial charge in [0.25, 0.3) is 5.91 Å². The third-order valence-electron chi connectivity index (χ3n) is 7.36. The molecule has 2 amide bonds. The van der Waals surface area contributed by atoms with Gasteiger partial charge in [-0.05, 0) is 44.7 Å². The molecule has 8 heteroatoms. The summed E-state index contributed by atoms with van der Waals surface area (Å²) in [6, 6.07) is 20.2. The lowest BCUT2D eigenvalue weighted by molar-refractivity contribution is -0.0770. The first-order valence-corrected chi connectivity index (χ1v) is 13.9. The van der Waals surface area contributed by atoms with Crippen molar-refractivity contribution in [1.82, 2.24) is 15.2 Å². The first kappa shape index (κ1) is 25.9. The fraction of sp³-hybridized carbons (Fsp3) is 0.400. The van der Waals surface area contributed by atoms with E-state index in [9.17, 15) is 14.9 Å². The summed E-state index contributed by atoms with van der Waals surface area (Å²) in [4.78, 5) is 31.9. The molecule has 0 bridgehead atoms. The lowest BCUT2D eigenvalue weighted by Crippen LogP contribution is -2.50. The maximum atomic E-state index is 13.4. The average Bonchev–Trinajstić information content (AvgIpc) is 3.59. The highest BCUT2D eigenvalue weighted by Crippen LogP contribution is 2.44. The number of nitriles is 1. The van der Waals surface area contributed by atoms with Gasteiger partial charge in [0.05, 0.1) is 17.5 Å². The number of aromatic nitrogens is 1. The Bertz CT molecular complexity index is 1360. The van der Waals surface area contributed by atoms with Crippen LogP contribution in [0.15, 0.2) is 60.0 Å². The van der Waals surface area contributed by atoms with Gasteiger partial charge < -0.3 is 15.0 Å².